The predicted molar refractivity (Wildman–Crippen MR) is 72.0 cm³/mol. The molecule has 0 radical (unpaired) electrons. The van der Waals surface area contributed by atoms with Crippen LogP contribution in [0.25, 0.3) is 0 Å². The van der Waals surface area contributed by atoms with E-state index in [1.54, 1.807) is 0 Å². The van der Waals surface area contributed by atoms with Crippen molar-refractivity contribution in [1.29, 1.82) is 0 Å². The first kappa shape index (κ1) is 23.0. The number of nitrogens with one attached hydrogen (secondary N) is 2. The molecule has 11 nitrogen and oxygen atoms in total. The molecule has 0 aliphatic heterocycles. The summed E-state index contributed by atoms with van der Waals surface area (Å²) in [6, 6.07) is 0. The summed E-state index contributed by atoms with van der Waals surface area (Å²) in [7, 11) is -9.37. The molecule has 0 bridgehead atoms. The van der Waals surface area contributed by atoms with Crippen LogP contribution < -0.4 is 11.1 Å². The molecule has 0 aromatic heterocycles. The molecule has 15 heteroatoms. The van der Waals surface area contributed by atoms with Crippen LogP contribution in [-0.4, -0.2) is 59.3 Å². The second-order valence-corrected chi connectivity index (χ2v) is 7.13. The lowest BCUT2D eigenvalue weighted by molar-refractivity contribution is 0.0769. The molecule has 0 fully saturated rings. The van der Waals surface area contributed by atoms with Gasteiger partial charge in [0.05, 0.1) is 19.8 Å². The Bertz CT molecular complexity index is 413. The Balaban J connectivity index is 4.33. The van der Waals surface area contributed by atoms with E-state index in [4.69, 9.17) is 14.9 Å². The second-order valence-electron chi connectivity index (χ2n) is 4.44. The van der Waals surface area contributed by atoms with Crippen LogP contribution in [0.2, 0.25) is 0 Å². The third-order valence-electron chi connectivity index (χ3n) is 2.42. The zero-order valence-electron chi connectivity index (χ0n) is 11.9. The minimum atomic E-state index is -4.78. The number of hydrogen-bond donors (Lipinski definition) is 6. The molecule has 140 valence electrons. The zero-order valence-corrected chi connectivity index (χ0v) is 13.7. The summed E-state index contributed by atoms with van der Waals surface area (Å²) in [5.41, 5.74) is 2.47. The molecular weight excluding hydrogens is 368 g/mol. The number of aliphatic hydroxyl groups is 1. The van der Waals surface area contributed by atoms with Crippen molar-refractivity contribution in [2.45, 2.75) is 0 Å². The summed E-state index contributed by atoms with van der Waals surface area (Å²) < 4.78 is 59.2. The highest BCUT2D eigenvalue weighted by atomic mass is 31.2. The maximum Gasteiger partial charge on any atom is 0.472 e. The minimum Gasteiger partial charge on any atom is -0.396 e. The first-order valence-electron chi connectivity index (χ1n) is 6.23. The molecule has 0 rings (SSSR count). The van der Waals surface area contributed by atoms with Gasteiger partial charge >= 0.3 is 15.6 Å². The van der Waals surface area contributed by atoms with Crippen molar-refractivity contribution >= 4 is 15.6 Å². The quantitative estimate of drug-likeness (QED) is 0.166. The first-order chi connectivity index (χ1) is 10.6. The summed E-state index contributed by atoms with van der Waals surface area (Å²) >= 11 is 0. The van der Waals surface area contributed by atoms with E-state index < -0.39 is 60.5 Å². The highest BCUT2D eigenvalue weighted by Gasteiger charge is 2.26. The standard InChI is InChI=1S/C8H20F2N2O9P2/c9-11-1-7(3-13)4-20-23(17,18)21-6-8(2-12-10)5-19-22(14,15)16/h7-8,11-13H,1-6H2,(H,17,18)(H2,14,15,16). The van der Waals surface area contributed by atoms with Crippen molar-refractivity contribution in [3.63, 3.8) is 0 Å². The molecular formula is C8H20F2N2O9P2. The fourth-order valence-electron chi connectivity index (χ4n) is 1.20. The molecule has 6 N–H and O–H groups in total. The van der Waals surface area contributed by atoms with E-state index in [-0.39, 0.29) is 6.54 Å². The van der Waals surface area contributed by atoms with E-state index >= 15 is 0 Å². The summed E-state index contributed by atoms with van der Waals surface area (Å²) in [4.78, 5) is 26.4. The van der Waals surface area contributed by atoms with Gasteiger partial charge in [0, 0.05) is 31.5 Å². The molecule has 3 unspecified atom stereocenters. The van der Waals surface area contributed by atoms with Gasteiger partial charge in [-0.3, -0.25) is 13.6 Å². The van der Waals surface area contributed by atoms with Crippen LogP contribution in [0.15, 0.2) is 0 Å². The van der Waals surface area contributed by atoms with Crippen LogP contribution in [0.3, 0.4) is 0 Å². The zero-order chi connectivity index (χ0) is 17.9. The number of phosphoric ester groups is 2. The van der Waals surface area contributed by atoms with Gasteiger partial charge in [-0.05, 0) is 0 Å². The maximum atomic E-state index is 12.1. The van der Waals surface area contributed by atoms with Crippen molar-refractivity contribution in [2.24, 2.45) is 11.8 Å². The summed E-state index contributed by atoms with van der Waals surface area (Å²) in [5.74, 6) is -1.80. The van der Waals surface area contributed by atoms with Gasteiger partial charge < -0.3 is 19.8 Å². The summed E-state index contributed by atoms with van der Waals surface area (Å²) in [6.07, 6.45) is 0. The lowest BCUT2D eigenvalue weighted by Gasteiger charge is -2.19. The molecule has 3 atom stereocenters. The van der Waals surface area contributed by atoms with Crippen LogP contribution in [0.4, 0.5) is 8.96 Å². The van der Waals surface area contributed by atoms with Crippen LogP contribution in [0.1, 0.15) is 0 Å². The molecule has 0 heterocycles. The Kier molecular flexibility index (Phi) is 11.5. The molecule has 0 saturated heterocycles. The largest absolute Gasteiger partial charge is 0.472 e. The second kappa shape index (κ2) is 11.5. The SMILES string of the molecule is O=P(O)(O)OCC(CNF)COP(=O)(O)OCC(CO)CNF. The molecule has 0 amide bonds. The average Bonchev–Trinajstić information content (AvgIpc) is 2.45. The lowest BCUT2D eigenvalue weighted by Crippen LogP contribution is -2.26. The third kappa shape index (κ3) is 13.0. The van der Waals surface area contributed by atoms with Crippen molar-refractivity contribution < 1.29 is 51.5 Å². The fraction of sp³-hybridized carbons (Fsp3) is 1.00. The van der Waals surface area contributed by atoms with E-state index in [9.17, 15) is 23.0 Å². The number of rotatable bonds is 14. The van der Waals surface area contributed by atoms with Gasteiger partial charge in [0.1, 0.15) is 0 Å². The highest BCUT2D eigenvalue weighted by molar-refractivity contribution is 7.47. The van der Waals surface area contributed by atoms with E-state index in [0.29, 0.717) is 0 Å². The maximum absolute atomic E-state index is 12.1. The third-order valence-corrected chi connectivity index (χ3v) is 3.85. The highest BCUT2D eigenvalue weighted by Crippen LogP contribution is 2.44. The Morgan fingerprint density at radius 2 is 1.30 bits per heavy atom. The molecule has 0 aliphatic carbocycles. The minimum absolute atomic E-state index is 0.318. The normalized spacial score (nSPS) is 17.7. The van der Waals surface area contributed by atoms with Crippen LogP contribution >= 0.6 is 15.6 Å². The molecule has 0 saturated carbocycles. The first-order valence-corrected chi connectivity index (χ1v) is 9.26. The summed E-state index contributed by atoms with van der Waals surface area (Å²) in [5, 5.41) is 8.85. The molecule has 0 aromatic rings. The number of hydrogen-bond acceptors (Lipinski definition) is 8. The van der Waals surface area contributed by atoms with E-state index in [1.807, 2.05) is 0 Å². The molecule has 0 aliphatic rings. The summed E-state index contributed by atoms with van der Waals surface area (Å²) in [6.45, 7) is -3.05. The van der Waals surface area contributed by atoms with Gasteiger partial charge in [-0.15, -0.1) is 8.96 Å². The van der Waals surface area contributed by atoms with Gasteiger partial charge in [0.15, 0.2) is 0 Å². The van der Waals surface area contributed by atoms with E-state index in [0.717, 1.165) is 0 Å². The van der Waals surface area contributed by atoms with E-state index in [2.05, 4.69) is 13.6 Å². The Labute approximate surface area is 130 Å². The van der Waals surface area contributed by atoms with E-state index in [1.165, 1.54) is 11.1 Å². The van der Waals surface area contributed by atoms with Crippen LogP contribution in [0, 0.1) is 11.8 Å². The predicted octanol–water partition coefficient (Wildman–Crippen LogP) is -0.598. The van der Waals surface area contributed by atoms with Gasteiger partial charge in [-0.1, -0.05) is 0 Å². The van der Waals surface area contributed by atoms with Gasteiger partial charge in [0.25, 0.3) is 0 Å². The van der Waals surface area contributed by atoms with Gasteiger partial charge in [-0.25, -0.2) is 9.13 Å². The molecule has 23 heavy (non-hydrogen) atoms. The van der Waals surface area contributed by atoms with Crippen LogP contribution in [-0.2, 0) is 22.7 Å². The Morgan fingerprint density at radius 1 is 0.870 bits per heavy atom. The number of aliphatic hydroxyl groups excluding tert-OH is 1. The van der Waals surface area contributed by atoms with Crippen LogP contribution in [0.5, 0.6) is 0 Å². The number of halogens is 2. The molecule has 0 spiro atoms. The smallest absolute Gasteiger partial charge is 0.396 e. The fourth-order valence-corrected chi connectivity index (χ4v) is 2.48. The van der Waals surface area contributed by atoms with Gasteiger partial charge in [0.2, 0.25) is 0 Å². The van der Waals surface area contributed by atoms with Crippen molar-refractivity contribution in [3.8, 4) is 0 Å². The van der Waals surface area contributed by atoms with Crippen molar-refractivity contribution in [2.75, 3.05) is 39.5 Å². The Morgan fingerprint density at radius 3 is 1.74 bits per heavy atom. The Hall–Kier alpha value is -0.0400. The lowest BCUT2D eigenvalue weighted by atomic mass is 10.2. The average molecular weight is 388 g/mol. The number of phosphoric acid groups is 2. The molecule has 0 aromatic carbocycles. The van der Waals surface area contributed by atoms with Crippen molar-refractivity contribution in [3.05, 3.63) is 0 Å². The monoisotopic (exact) mass is 388 g/mol. The van der Waals surface area contributed by atoms with Crippen molar-refractivity contribution in [1.82, 2.24) is 11.1 Å². The van der Waals surface area contributed by atoms with Gasteiger partial charge in [-0.2, -0.15) is 11.1 Å². The topological polar surface area (TPSA) is 167 Å².